The third-order valence-corrected chi connectivity index (χ3v) is 7.34. The largest absolute Gasteiger partial charge is 0.497 e. The molecule has 5 nitrogen and oxygen atoms in total. The van der Waals surface area contributed by atoms with Crippen LogP contribution in [0.1, 0.15) is 51.7 Å². The predicted molar refractivity (Wildman–Crippen MR) is 115 cm³/mol. The Kier molecular flexibility index (Phi) is 6.32. The maximum atomic E-state index is 11.1. The van der Waals surface area contributed by atoms with Crippen LogP contribution in [-0.4, -0.2) is 37.8 Å². The van der Waals surface area contributed by atoms with E-state index in [4.69, 9.17) is 4.74 Å². The first-order chi connectivity index (χ1) is 13.2. The van der Waals surface area contributed by atoms with Crippen molar-refractivity contribution in [1.29, 1.82) is 0 Å². The Bertz CT molecular complexity index is 934. The molecule has 154 valence electrons. The van der Waals surface area contributed by atoms with Gasteiger partial charge in [-0.2, -0.15) is 0 Å². The summed E-state index contributed by atoms with van der Waals surface area (Å²) in [5.41, 5.74) is 2.82. The fraction of sp³-hybridized carbons (Fsp3) is 0.545. The molecule has 0 spiro atoms. The van der Waals surface area contributed by atoms with E-state index < -0.39 is 10.0 Å². The van der Waals surface area contributed by atoms with Crippen molar-refractivity contribution >= 4 is 20.8 Å². The number of rotatable bonds is 5. The zero-order chi connectivity index (χ0) is 20.5. The maximum Gasteiger partial charge on any atom is 0.214 e. The Hall–Kier alpha value is -1.63. The van der Waals surface area contributed by atoms with Gasteiger partial charge in [0, 0.05) is 25.2 Å². The topological polar surface area (TPSA) is 58.6 Å². The van der Waals surface area contributed by atoms with Crippen LogP contribution in [0.3, 0.4) is 0 Å². The van der Waals surface area contributed by atoms with Crippen molar-refractivity contribution in [1.82, 2.24) is 9.62 Å². The summed E-state index contributed by atoms with van der Waals surface area (Å²) in [5.74, 6) is 0.959. The van der Waals surface area contributed by atoms with Gasteiger partial charge < -0.3 is 4.74 Å². The van der Waals surface area contributed by atoms with Crippen molar-refractivity contribution in [3.63, 3.8) is 0 Å². The highest BCUT2D eigenvalue weighted by atomic mass is 32.2. The minimum Gasteiger partial charge on any atom is -0.497 e. The number of hydrogen-bond acceptors (Lipinski definition) is 4. The zero-order valence-electron chi connectivity index (χ0n) is 17.5. The number of sulfonamides is 1. The average Bonchev–Trinajstić information content (AvgIpc) is 3.46. The first-order valence-electron chi connectivity index (χ1n) is 10.0. The first-order valence-corrected chi connectivity index (χ1v) is 11.6. The molecule has 0 amide bonds. The number of nitrogens with one attached hydrogen (secondary N) is 1. The minimum absolute atomic E-state index is 0.0330. The molecule has 6 heteroatoms. The summed E-state index contributed by atoms with van der Waals surface area (Å²) in [6, 6.07) is 11.5. The van der Waals surface area contributed by atoms with Gasteiger partial charge in [0.1, 0.15) is 5.75 Å². The molecule has 0 unspecified atom stereocenters. The van der Waals surface area contributed by atoms with Crippen molar-refractivity contribution in [2.24, 2.45) is 0 Å². The van der Waals surface area contributed by atoms with Gasteiger partial charge in [-0.25, -0.2) is 13.1 Å². The smallest absolute Gasteiger partial charge is 0.214 e. The van der Waals surface area contributed by atoms with E-state index in [1.54, 1.807) is 7.11 Å². The van der Waals surface area contributed by atoms with E-state index in [1.807, 2.05) is 13.8 Å². The molecule has 4 rings (SSSR count). The van der Waals surface area contributed by atoms with E-state index in [-0.39, 0.29) is 11.3 Å². The Morgan fingerprint density at radius 2 is 1.75 bits per heavy atom. The molecule has 0 atom stereocenters. The molecule has 0 bridgehead atoms. The Labute approximate surface area is 169 Å². The summed E-state index contributed by atoms with van der Waals surface area (Å²) in [6.45, 7) is 10.2. The number of benzene rings is 2. The molecule has 0 radical (unpaired) electrons. The van der Waals surface area contributed by atoms with Gasteiger partial charge in [-0.05, 0) is 74.6 Å². The number of hydrogen-bond donors (Lipinski definition) is 1. The van der Waals surface area contributed by atoms with Gasteiger partial charge >= 0.3 is 0 Å². The van der Waals surface area contributed by atoms with Crippen LogP contribution in [0.2, 0.25) is 0 Å². The van der Waals surface area contributed by atoms with Crippen LogP contribution in [0.25, 0.3) is 10.8 Å². The van der Waals surface area contributed by atoms with Gasteiger partial charge in [-0.3, -0.25) is 4.90 Å². The van der Waals surface area contributed by atoms with E-state index in [9.17, 15) is 8.42 Å². The summed E-state index contributed by atoms with van der Waals surface area (Å²) in [5, 5.41) is 2.63. The normalized spacial score (nSPS) is 17.0. The number of methoxy groups -OCH3 is 1. The summed E-state index contributed by atoms with van der Waals surface area (Å²) in [4.78, 5) is 2.50. The van der Waals surface area contributed by atoms with Crippen molar-refractivity contribution in [3.05, 3.63) is 41.5 Å². The third kappa shape index (κ3) is 4.85. The molecule has 1 saturated carbocycles. The van der Waals surface area contributed by atoms with Gasteiger partial charge in [-0.1, -0.05) is 18.2 Å². The van der Waals surface area contributed by atoms with Gasteiger partial charge in [0.25, 0.3) is 0 Å². The lowest BCUT2D eigenvalue weighted by Gasteiger charge is -2.32. The summed E-state index contributed by atoms with van der Waals surface area (Å²) in [7, 11) is -1.20. The highest BCUT2D eigenvalue weighted by Crippen LogP contribution is 2.34. The van der Waals surface area contributed by atoms with Crippen LogP contribution in [0.5, 0.6) is 5.75 Å². The fourth-order valence-corrected chi connectivity index (χ4v) is 5.21. The second-order valence-electron chi connectivity index (χ2n) is 8.32. The van der Waals surface area contributed by atoms with E-state index in [0.717, 1.165) is 31.7 Å². The van der Waals surface area contributed by atoms with Crippen molar-refractivity contribution in [3.8, 4) is 5.75 Å². The molecular weight excluding hydrogens is 372 g/mol. The molecule has 0 saturated heterocycles. The molecule has 1 aliphatic heterocycles. The first kappa shape index (κ1) is 21.1. The Morgan fingerprint density at radius 1 is 1.07 bits per heavy atom. The maximum absolute atomic E-state index is 11.1. The zero-order valence-corrected chi connectivity index (χ0v) is 18.3. The number of ether oxygens (including phenoxy) is 1. The summed E-state index contributed by atoms with van der Waals surface area (Å²) in [6.07, 6.45) is 1.67. The van der Waals surface area contributed by atoms with Crippen LogP contribution < -0.4 is 9.46 Å². The second kappa shape index (κ2) is 8.39. The van der Waals surface area contributed by atoms with Gasteiger partial charge in [-0.15, -0.1) is 0 Å². The van der Waals surface area contributed by atoms with Crippen molar-refractivity contribution in [2.75, 3.05) is 7.11 Å². The second-order valence-corrected chi connectivity index (χ2v) is 10.3. The molecule has 1 heterocycles. The van der Waals surface area contributed by atoms with E-state index >= 15 is 0 Å². The number of nitrogens with zero attached hydrogens (tertiary/aromatic N) is 1. The van der Waals surface area contributed by atoms with Crippen molar-refractivity contribution in [2.45, 2.75) is 71.0 Å². The highest BCUT2D eigenvalue weighted by Gasteiger charge is 2.35. The average molecular weight is 405 g/mol. The molecule has 1 fully saturated rings. The predicted octanol–water partition coefficient (Wildman–Crippen LogP) is 4.05. The standard InChI is InChI=1S/C16H19NO.C6H13NO2S/c1-11(2)17-9-13-6-4-5-12-7-15(18-3)8-14(10-17)16(12)13;1-5(2)7-10(8,9)6-3-4-6/h4-8,11H,9-10H2,1-3H3;5-7H,3-4H2,1-2H3. The van der Waals surface area contributed by atoms with Crippen molar-refractivity contribution < 1.29 is 13.2 Å². The fourth-order valence-electron chi connectivity index (χ4n) is 3.61. The highest BCUT2D eigenvalue weighted by molar-refractivity contribution is 7.90. The monoisotopic (exact) mass is 404 g/mol. The Balaban J connectivity index is 0.000000192. The lowest BCUT2D eigenvalue weighted by atomic mass is 9.94. The van der Waals surface area contributed by atoms with Gasteiger partial charge in [0.15, 0.2) is 0 Å². The molecule has 2 aliphatic rings. The lowest BCUT2D eigenvalue weighted by molar-refractivity contribution is 0.200. The molecule has 1 N–H and O–H groups in total. The van der Waals surface area contributed by atoms with Gasteiger partial charge in [0.05, 0.1) is 12.4 Å². The Morgan fingerprint density at radius 3 is 2.32 bits per heavy atom. The van der Waals surface area contributed by atoms with E-state index in [0.29, 0.717) is 6.04 Å². The van der Waals surface area contributed by atoms with Gasteiger partial charge in [0.2, 0.25) is 10.0 Å². The minimum atomic E-state index is -2.94. The molecule has 0 aromatic heterocycles. The lowest BCUT2D eigenvalue weighted by Crippen LogP contribution is -2.32. The SMILES string of the molecule is CC(C)NS(=O)(=O)C1CC1.COc1cc2c3c(cccc3c1)CN(C(C)C)C2. The van der Waals surface area contributed by atoms with Crippen LogP contribution in [0.15, 0.2) is 30.3 Å². The summed E-state index contributed by atoms with van der Waals surface area (Å²) >= 11 is 0. The molecule has 1 aliphatic carbocycles. The molecular formula is C22H32N2O3S. The van der Waals surface area contributed by atoms with E-state index in [2.05, 4.69) is 53.8 Å². The van der Waals surface area contributed by atoms with Crippen LogP contribution >= 0.6 is 0 Å². The molecule has 2 aromatic rings. The summed E-state index contributed by atoms with van der Waals surface area (Å²) < 4.78 is 30.1. The molecule has 28 heavy (non-hydrogen) atoms. The van der Waals surface area contributed by atoms with Crippen LogP contribution in [-0.2, 0) is 23.1 Å². The quantitative estimate of drug-likeness (QED) is 0.817. The third-order valence-electron chi connectivity index (χ3n) is 5.19. The van der Waals surface area contributed by atoms with Crippen LogP contribution in [0.4, 0.5) is 0 Å². The van der Waals surface area contributed by atoms with E-state index in [1.165, 1.54) is 21.9 Å². The van der Waals surface area contributed by atoms with Crippen LogP contribution in [0, 0.1) is 0 Å². The molecule has 2 aromatic carbocycles.